The lowest BCUT2D eigenvalue weighted by Gasteiger charge is -2.25. The van der Waals surface area contributed by atoms with Gasteiger partial charge in [-0.1, -0.05) is 29.8 Å². The minimum Gasteiger partial charge on any atom is -0.497 e. The summed E-state index contributed by atoms with van der Waals surface area (Å²) in [6.07, 6.45) is 3.38. The SMILES string of the molecule is COc1ccc([C@H]2c3c(oc4cc(C)c(Cl)cc4c3=O)C(=O)N2Cc2cccnc2)cc1. The minimum absolute atomic E-state index is 0.0638. The first-order valence-electron chi connectivity index (χ1n) is 10.1. The number of benzene rings is 2. The average molecular weight is 447 g/mol. The van der Waals surface area contributed by atoms with Gasteiger partial charge in [0.05, 0.1) is 24.1 Å². The molecule has 0 N–H and O–H groups in total. The molecule has 4 aromatic rings. The topological polar surface area (TPSA) is 72.6 Å². The number of aryl methyl sites for hydroxylation is 1. The number of nitrogens with zero attached hydrogens (tertiary/aromatic N) is 2. The first kappa shape index (κ1) is 20.3. The predicted octanol–water partition coefficient (Wildman–Crippen LogP) is 4.90. The molecule has 1 atom stereocenters. The third-order valence-electron chi connectivity index (χ3n) is 5.75. The van der Waals surface area contributed by atoms with Crippen LogP contribution in [0.25, 0.3) is 11.0 Å². The summed E-state index contributed by atoms with van der Waals surface area (Å²) >= 11 is 6.28. The molecule has 5 rings (SSSR count). The zero-order valence-corrected chi connectivity index (χ0v) is 18.2. The van der Waals surface area contributed by atoms with Crippen LogP contribution in [-0.2, 0) is 6.54 Å². The lowest BCUT2D eigenvalue weighted by molar-refractivity contribution is 0.0714. The molecule has 160 valence electrons. The fourth-order valence-electron chi connectivity index (χ4n) is 4.13. The van der Waals surface area contributed by atoms with Crippen molar-refractivity contribution in [2.24, 2.45) is 0 Å². The van der Waals surface area contributed by atoms with Crippen LogP contribution < -0.4 is 10.2 Å². The molecule has 1 amide bonds. The van der Waals surface area contributed by atoms with E-state index in [1.807, 2.05) is 43.3 Å². The summed E-state index contributed by atoms with van der Waals surface area (Å²) in [5, 5.41) is 0.830. The van der Waals surface area contributed by atoms with Crippen molar-refractivity contribution in [2.75, 3.05) is 7.11 Å². The van der Waals surface area contributed by atoms with Crippen LogP contribution in [0, 0.1) is 6.92 Å². The number of ether oxygens (including phenoxy) is 1. The van der Waals surface area contributed by atoms with Crippen LogP contribution in [0.2, 0.25) is 5.02 Å². The van der Waals surface area contributed by atoms with E-state index in [2.05, 4.69) is 4.98 Å². The molecule has 1 aliphatic rings. The van der Waals surface area contributed by atoms with Crippen molar-refractivity contribution in [3.05, 3.63) is 104 Å². The van der Waals surface area contributed by atoms with Gasteiger partial charge < -0.3 is 14.1 Å². The van der Waals surface area contributed by atoms with E-state index in [1.165, 1.54) is 0 Å². The number of fused-ring (bicyclic) bond motifs is 2. The van der Waals surface area contributed by atoms with Gasteiger partial charge in [0.15, 0.2) is 5.43 Å². The molecule has 6 nitrogen and oxygen atoms in total. The van der Waals surface area contributed by atoms with Gasteiger partial charge in [-0.05, 0) is 53.9 Å². The Hall–Kier alpha value is -3.64. The molecule has 0 fully saturated rings. The van der Waals surface area contributed by atoms with Crippen molar-refractivity contribution < 1.29 is 13.9 Å². The molecule has 0 bridgehead atoms. The number of aromatic nitrogens is 1. The average Bonchev–Trinajstić information content (AvgIpc) is 3.08. The predicted molar refractivity (Wildman–Crippen MR) is 121 cm³/mol. The number of carbonyl (C=O) groups is 1. The second-order valence-electron chi connectivity index (χ2n) is 7.74. The number of rotatable bonds is 4. The largest absolute Gasteiger partial charge is 0.497 e. The van der Waals surface area contributed by atoms with Crippen LogP contribution in [-0.4, -0.2) is 22.9 Å². The van der Waals surface area contributed by atoms with Gasteiger partial charge in [0.1, 0.15) is 11.3 Å². The van der Waals surface area contributed by atoms with Gasteiger partial charge in [-0.25, -0.2) is 0 Å². The number of methoxy groups -OCH3 is 1. The Balaban J connectivity index is 1.73. The van der Waals surface area contributed by atoms with Crippen molar-refractivity contribution in [1.29, 1.82) is 0 Å². The molecule has 1 aliphatic heterocycles. The summed E-state index contributed by atoms with van der Waals surface area (Å²) in [5.74, 6) is 0.412. The third kappa shape index (κ3) is 3.24. The number of hydrogen-bond acceptors (Lipinski definition) is 5. The number of pyridine rings is 1. The summed E-state index contributed by atoms with van der Waals surface area (Å²) in [7, 11) is 1.59. The number of carbonyl (C=O) groups excluding carboxylic acids is 1. The van der Waals surface area contributed by atoms with Gasteiger partial charge in [0.25, 0.3) is 5.91 Å². The zero-order chi connectivity index (χ0) is 22.4. The van der Waals surface area contributed by atoms with E-state index in [-0.39, 0.29) is 23.6 Å². The van der Waals surface area contributed by atoms with Crippen molar-refractivity contribution in [3.8, 4) is 5.75 Å². The van der Waals surface area contributed by atoms with E-state index < -0.39 is 6.04 Å². The Bertz CT molecular complexity index is 1400. The van der Waals surface area contributed by atoms with Crippen LogP contribution in [0.4, 0.5) is 0 Å². The molecule has 0 unspecified atom stereocenters. The molecule has 0 radical (unpaired) electrons. The number of halogens is 1. The Morgan fingerprint density at radius 2 is 1.94 bits per heavy atom. The molecule has 7 heteroatoms. The molecule has 0 aliphatic carbocycles. The normalized spacial score (nSPS) is 15.3. The Morgan fingerprint density at radius 1 is 1.16 bits per heavy atom. The Kier molecular flexibility index (Phi) is 4.94. The van der Waals surface area contributed by atoms with E-state index in [9.17, 15) is 9.59 Å². The van der Waals surface area contributed by atoms with Crippen LogP contribution in [0.3, 0.4) is 0 Å². The van der Waals surface area contributed by atoms with Crippen molar-refractivity contribution >= 4 is 28.5 Å². The summed E-state index contributed by atoms with van der Waals surface area (Å²) in [5.41, 5.74) is 2.81. The molecular formula is C25H19ClN2O4. The summed E-state index contributed by atoms with van der Waals surface area (Å²) in [6, 6.07) is 13.7. The monoisotopic (exact) mass is 446 g/mol. The Labute approximate surface area is 189 Å². The van der Waals surface area contributed by atoms with Gasteiger partial charge in [-0.2, -0.15) is 0 Å². The lowest BCUT2D eigenvalue weighted by atomic mass is 9.98. The molecule has 0 saturated carbocycles. The third-order valence-corrected chi connectivity index (χ3v) is 6.16. The highest BCUT2D eigenvalue weighted by atomic mass is 35.5. The van der Waals surface area contributed by atoms with Gasteiger partial charge in [-0.3, -0.25) is 14.6 Å². The van der Waals surface area contributed by atoms with Gasteiger partial charge >= 0.3 is 0 Å². The quantitative estimate of drug-likeness (QED) is 0.445. The standard InChI is InChI=1S/C25H19ClN2O4/c1-14-10-20-18(11-19(14)26)23(29)21-22(16-5-7-17(31-2)8-6-16)28(25(30)24(21)32-20)13-15-4-3-9-27-12-15/h3-12,22H,13H2,1-2H3/t22-/m0/s1. The number of amides is 1. The van der Waals surface area contributed by atoms with E-state index in [0.717, 1.165) is 16.7 Å². The maximum Gasteiger partial charge on any atom is 0.291 e. The first-order chi connectivity index (χ1) is 15.5. The van der Waals surface area contributed by atoms with E-state index in [0.29, 0.717) is 27.3 Å². The van der Waals surface area contributed by atoms with E-state index >= 15 is 0 Å². The van der Waals surface area contributed by atoms with Crippen molar-refractivity contribution in [3.63, 3.8) is 0 Å². The maximum absolute atomic E-state index is 13.6. The van der Waals surface area contributed by atoms with Crippen LogP contribution >= 0.6 is 11.6 Å². The van der Waals surface area contributed by atoms with Gasteiger partial charge in [-0.15, -0.1) is 0 Å². The van der Waals surface area contributed by atoms with Gasteiger partial charge in [0, 0.05) is 24.0 Å². The second-order valence-corrected chi connectivity index (χ2v) is 8.15. The highest BCUT2D eigenvalue weighted by Gasteiger charge is 2.42. The van der Waals surface area contributed by atoms with Gasteiger partial charge in [0.2, 0.25) is 5.76 Å². The number of hydrogen-bond donors (Lipinski definition) is 0. The second kappa shape index (κ2) is 7.80. The van der Waals surface area contributed by atoms with Crippen LogP contribution in [0.5, 0.6) is 5.75 Å². The van der Waals surface area contributed by atoms with E-state index in [4.69, 9.17) is 20.8 Å². The minimum atomic E-state index is -0.607. The molecule has 0 saturated heterocycles. The fourth-order valence-corrected chi connectivity index (χ4v) is 4.29. The first-order valence-corrected chi connectivity index (χ1v) is 10.5. The molecule has 3 heterocycles. The zero-order valence-electron chi connectivity index (χ0n) is 17.5. The summed E-state index contributed by atoms with van der Waals surface area (Å²) in [6.45, 7) is 2.11. The maximum atomic E-state index is 13.6. The fraction of sp³-hybridized carbons (Fsp3) is 0.160. The highest BCUT2D eigenvalue weighted by molar-refractivity contribution is 6.32. The smallest absolute Gasteiger partial charge is 0.291 e. The molecular weight excluding hydrogens is 428 g/mol. The highest BCUT2D eigenvalue weighted by Crippen LogP contribution is 2.40. The molecule has 32 heavy (non-hydrogen) atoms. The lowest BCUT2D eigenvalue weighted by Crippen LogP contribution is -2.29. The van der Waals surface area contributed by atoms with E-state index in [1.54, 1.807) is 36.5 Å². The Morgan fingerprint density at radius 3 is 2.62 bits per heavy atom. The molecule has 2 aromatic carbocycles. The van der Waals surface area contributed by atoms with Crippen LogP contribution in [0.15, 0.2) is 70.1 Å². The summed E-state index contributed by atoms with van der Waals surface area (Å²) < 4.78 is 11.3. The van der Waals surface area contributed by atoms with Crippen LogP contribution in [0.1, 0.15) is 38.9 Å². The van der Waals surface area contributed by atoms with Crippen molar-refractivity contribution in [2.45, 2.75) is 19.5 Å². The summed E-state index contributed by atoms with van der Waals surface area (Å²) in [4.78, 5) is 32.9. The molecule has 0 spiro atoms. The molecule has 2 aromatic heterocycles. The van der Waals surface area contributed by atoms with Crippen molar-refractivity contribution in [1.82, 2.24) is 9.88 Å².